The average Bonchev–Trinajstić information content (AvgIpc) is 2.81. The Morgan fingerprint density at radius 3 is 2.57 bits per heavy atom. The Hall–Kier alpha value is -2.38. The number of nitrogens with one attached hydrogen (secondary N) is 1. The summed E-state index contributed by atoms with van der Waals surface area (Å²) in [5.74, 6) is -3.95. The third kappa shape index (κ3) is 3.21. The molecule has 0 aliphatic rings. The Kier molecular flexibility index (Phi) is 3.97. The quantitative estimate of drug-likeness (QED) is 0.493. The lowest BCUT2D eigenvalue weighted by Gasteiger charge is -2.22. The standard InChI is InChI=1S/C14H16N2O5/c15-14(21,13(19)20)6-8(12(17)18)5-9-7-16-11-4-2-1-3-10(9)11/h1-4,7-8,16,21H,5-6,15H2,(H,17,18)(H,19,20)/t8?,14-/m1/s1. The fourth-order valence-corrected chi connectivity index (χ4v) is 2.28. The minimum absolute atomic E-state index is 0.0755. The molecule has 6 N–H and O–H groups in total. The molecule has 0 fully saturated rings. The van der Waals surface area contributed by atoms with E-state index >= 15 is 0 Å². The molecule has 7 heteroatoms. The van der Waals surface area contributed by atoms with Crippen molar-refractivity contribution in [3.8, 4) is 0 Å². The number of carboxylic acids is 2. The van der Waals surface area contributed by atoms with E-state index in [4.69, 9.17) is 10.8 Å². The second-order valence-electron chi connectivity index (χ2n) is 5.03. The van der Waals surface area contributed by atoms with Gasteiger partial charge in [-0.2, -0.15) is 0 Å². The van der Waals surface area contributed by atoms with Gasteiger partial charge in [0.1, 0.15) is 0 Å². The number of hydrogen-bond donors (Lipinski definition) is 5. The van der Waals surface area contributed by atoms with Crippen molar-refractivity contribution in [1.82, 2.24) is 4.98 Å². The fraction of sp³-hybridized carbons (Fsp3) is 0.286. The molecule has 2 atom stereocenters. The highest BCUT2D eigenvalue weighted by molar-refractivity contribution is 5.84. The summed E-state index contributed by atoms with van der Waals surface area (Å²) >= 11 is 0. The second kappa shape index (κ2) is 5.55. The molecular weight excluding hydrogens is 276 g/mol. The van der Waals surface area contributed by atoms with E-state index in [9.17, 15) is 19.8 Å². The zero-order valence-corrected chi connectivity index (χ0v) is 11.1. The van der Waals surface area contributed by atoms with E-state index in [0.717, 1.165) is 16.5 Å². The van der Waals surface area contributed by atoms with Crippen LogP contribution in [-0.4, -0.2) is 38.0 Å². The summed E-state index contributed by atoms with van der Waals surface area (Å²) in [5, 5.41) is 28.4. The first-order valence-corrected chi connectivity index (χ1v) is 6.33. The highest BCUT2D eigenvalue weighted by Gasteiger charge is 2.37. The van der Waals surface area contributed by atoms with Crippen LogP contribution in [0.5, 0.6) is 0 Å². The van der Waals surface area contributed by atoms with Crippen LogP contribution in [0.2, 0.25) is 0 Å². The van der Waals surface area contributed by atoms with Crippen LogP contribution in [0.25, 0.3) is 10.9 Å². The van der Waals surface area contributed by atoms with Crippen molar-refractivity contribution in [2.24, 2.45) is 11.7 Å². The lowest BCUT2D eigenvalue weighted by atomic mass is 9.91. The normalized spacial score (nSPS) is 15.5. The van der Waals surface area contributed by atoms with Crippen molar-refractivity contribution in [2.75, 3.05) is 0 Å². The molecule has 1 heterocycles. The third-order valence-electron chi connectivity index (χ3n) is 3.42. The molecule has 2 aromatic rings. The van der Waals surface area contributed by atoms with Crippen molar-refractivity contribution in [2.45, 2.75) is 18.6 Å². The Morgan fingerprint density at radius 1 is 1.29 bits per heavy atom. The predicted molar refractivity (Wildman–Crippen MR) is 74.5 cm³/mol. The molecule has 1 aromatic carbocycles. The van der Waals surface area contributed by atoms with Gasteiger partial charge in [0.25, 0.3) is 0 Å². The van der Waals surface area contributed by atoms with Crippen LogP contribution < -0.4 is 5.73 Å². The molecule has 0 aliphatic heterocycles. The Balaban J connectivity index is 2.25. The summed E-state index contributed by atoms with van der Waals surface area (Å²) < 4.78 is 0. The van der Waals surface area contributed by atoms with Gasteiger partial charge in [-0.15, -0.1) is 0 Å². The summed E-state index contributed by atoms with van der Waals surface area (Å²) in [4.78, 5) is 25.1. The fourth-order valence-electron chi connectivity index (χ4n) is 2.28. The van der Waals surface area contributed by atoms with Gasteiger partial charge in [-0.3, -0.25) is 10.5 Å². The van der Waals surface area contributed by atoms with Gasteiger partial charge in [-0.05, 0) is 18.1 Å². The number of aliphatic carboxylic acids is 2. The maximum atomic E-state index is 11.3. The first kappa shape index (κ1) is 15.0. The van der Waals surface area contributed by atoms with Crippen LogP contribution in [0.15, 0.2) is 30.5 Å². The minimum Gasteiger partial charge on any atom is -0.481 e. The lowest BCUT2D eigenvalue weighted by Crippen LogP contribution is -2.50. The number of aromatic nitrogens is 1. The van der Waals surface area contributed by atoms with Crippen molar-refractivity contribution in [3.63, 3.8) is 0 Å². The van der Waals surface area contributed by atoms with Crippen LogP contribution in [0, 0.1) is 5.92 Å². The highest BCUT2D eigenvalue weighted by Crippen LogP contribution is 2.24. The van der Waals surface area contributed by atoms with Crippen LogP contribution >= 0.6 is 0 Å². The summed E-state index contributed by atoms with van der Waals surface area (Å²) in [7, 11) is 0. The molecule has 0 saturated heterocycles. The summed E-state index contributed by atoms with van der Waals surface area (Å²) in [6.45, 7) is 0. The molecule has 0 radical (unpaired) electrons. The number of aromatic amines is 1. The Labute approximate surface area is 120 Å². The number of H-pyrrole nitrogens is 1. The number of carboxylic acid groups (broad SMARTS) is 2. The topological polar surface area (TPSA) is 137 Å². The van der Waals surface area contributed by atoms with Gasteiger partial charge in [-0.1, -0.05) is 18.2 Å². The second-order valence-corrected chi connectivity index (χ2v) is 5.03. The SMILES string of the molecule is N[C@@](O)(CC(Cc1c[nH]c2ccccc12)C(=O)O)C(=O)O. The van der Waals surface area contributed by atoms with E-state index in [0.29, 0.717) is 0 Å². The number of para-hydroxylation sites is 1. The van der Waals surface area contributed by atoms with Crippen LogP contribution in [-0.2, 0) is 16.0 Å². The number of fused-ring (bicyclic) bond motifs is 1. The van der Waals surface area contributed by atoms with Crippen molar-refractivity contribution in [1.29, 1.82) is 0 Å². The van der Waals surface area contributed by atoms with Gasteiger partial charge in [0.15, 0.2) is 0 Å². The molecule has 0 spiro atoms. The van der Waals surface area contributed by atoms with Gasteiger partial charge in [0.05, 0.1) is 5.92 Å². The highest BCUT2D eigenvalue weighted by atomic mass is 16.4. The van der Waals surface area contributed by atoms with Crippen LogP contribution in [0.4, 0.5) is 0 Å². The van der Waals surface area contributed by atoms with Gasteiger partial charge in [-0.25, -0.2) is 4.79 Å². The summed E-state index contributed by atoms with van der Waals surface area (Å²) in [6, 6.07) is 7.36. The van der Waals surface area contributed by atoms with Gasteiger partial charge >= 0.3 is 11.9 Å². The van der Waals surface area contributed by atoms with Gasteiger partial charge in [0, 0.05) is 23.5 Å². The lowest BCUT2D eigenvalue weighted by molar-refractivity contribution is -0.162. The average molecular weight is 292 g/mol. The third-order valence-corrected chi connectivity index (χ3v) is 3.42. The zero-order chi connectivity index (χ0) is 15.6. The van der Waals surface area contributed by atoms with Crippen molar-refractivity contribution >= 4 is 22.8 Å². The minimum atomic E-state index is -2.56. The molecular formula is C14H16N2O5. The van der Waals surface area contributed by atoms with E-state index in [1.54, 1.807) is 6.20 Å². The van der Waals surface area contributed by atoms with E-state index in [2.05, 4.69) is 4.98 Å². The molecule has 1 unspecified atom stereocenters. The molecule has 0 saturated carbocycles. The maximum Gasteiger partial charge on any atom is 0.351 e. The van der Waals surface area contributed by atoms with E-state index in [-0.39, 0.29) is 6.42 Å². The molecule has 7 nitrogen and oxygen atoms in total. The van der Waals surface area contributed by atoms with Crippen LogP contribution in [0.1, 0.15) is 12.0 Å². The Bertz CT molecular complexity index is 677. The largest absolute Gasteiger partial charge is 0.481 e. The number of carbonyl (C=O) groups is 2. The van der Waals surface area contributed by atoms with Crippen molar-refractivity contribution in [3.05, 3.63) is 36.0 Å². The first-order chi connectivity index (χ1) is 9.81. The summed E-state index contributed by atoms with van der Waals surface area (Å²) in [6.07, 6.45) is 1.18. The number of nitrogens with two attached hydrogens (primary N) is 1. The molecule has 1 aromatic heterocycles. The molecule has 2 rings (SSSR count). The van der Waals surface area contributed by atoms with E-state index in [1.807, 2.05) is 24.3 Å². The smallest absolute Gasteiger partial charge is 0.351 e. The number of hydrogen-bond acceptors (Lipinski definition) is 4. The maximum absolute atomic E-state index is 11.3. The molecule has 0 bridgehead atoms. The Morgan fingerprint density at radius 2 is 1.95 bits per heavy atom. The molecule has 0 aliphatic carbocycles. The monoisotopic (exact) mass is 292 g/mol. The van der Waals surface area contributed by atoms with Gasteiger partial charge < -0.3 is 20.3 Å². The first-order valence-electron chi connectivity index (χ1n) is 6.33. The number of rotatable bonds is 6. The predicted octanol–water partition coefficient (Wildman–Crippen LogP) is 0.533. The van der Waals surface area contributed by atoms with Crippen LogP contribution in [0.3, 0.4) is 0 Å². The van der Waals surface area contributed by atoms with Crippen molar-refractivity contribution < 1.29 is 24.9 Å². The zero-order valence-electron chi connectivity index (χ0n) is 11.1. The number of benzene rings is 1. The molecule has 112 valence electrons. The van der Waals surface area contributed by atoms with Gasteiger partial charge in [0.2, 0.25) is 5.72 Å². The number of aliphatic hydroxyl groups is 1. The molecule has 21 heavy (non-hydrogen) atoms. The van der Waals surface area contributed by atoms with E-state index < -0.39 is 30.0 Å². The summed E-state index contributed by atoms with van der Waals surface area (Å²) in [5.41, 5.74) is 4.26. The van der Waals surface area contributed by atoms with E-state index in [1.165, 1.54) is 0 Å². The molecule has 0 amide bonds.